The van der Waals surface area contributed by atoms with Crippen LogP contribution in [0.25, 0.3) is 0 Å². The summed E-state index contributed by atoms with van der Waals surface area (Å²) in [6, 6.07) is 5.94. The van der Waals surface area contributed by atoms with E-state index in [4.69, 9.17) is 4.74 Å². The molecule has 1 saturated carbocycles. The van der Waals surface area contributed by atoms with Gasteiger partial charge in [0.15, 0.2) is 0 Å². The second-order valence-electron chi connectivity index (χ2n) is 4.15. The molecule has 3 heteroatoms. The van der Waals surface area contributed by atoms with Gasteiger partial charge in [-0.05, 0) is 37.8 Å². The number of carbonyl (C=O) groups excluding carboxylic acids is 1. The number of halogens is 1. The van der Waals surface area contributed by atoms with E-state index in [0.29, 0.717) is 0 Å². The van der Waals surface area contributed by atoms with E-state index < -0.39 is 11.8 Å². The Balaban J connectivity index is 2.00. The summed E-state index contributed by atoms with van der Waals surface area (Å²) >= 11 is 0. The first-order chi connectivity index (χ1) is 7.77. The van der Waals surface area contributed by atoms with Gasteiger partial charge >= 0.3 is 5.97 Å². The maximum atomic E-state index is 13.3. The fourth-order valence-corrected chi connectivity index (χ4v) is 2.02. The maximum absolute atomic E-state index is 13.3. The minimum Gasteiger partial charge on any atom is -0.459 e. The van der Waals surface area contributed by atoms with Crippen molar-refractivity contribution in [3.05, 3.63) is 35.6 Å². The third kappa shape index (κ3) is 2.60. The summed E-state index contributed by atoms with van der Waals surface area (Å²) in [7, 11) is 0. The van der Waals surface area contributed by atoms with E-state index in [1.165, 1.54) is 18.6 Å². The SMILES string of the molecule is O=C(OC1CCCCC1)c1ccccc1F. The molecule has 0 atom stereocenters. The second-order valence-corrected chi connectivity index (χ2v) is 4.15. The quantitative estimate of drug-likeness (QED) is 0.717. The molecular formula is C13H15FO2. The second kappa shape index (κ2) is 5.10. The maximum Gasteiger partial charge on any atom is 0.341 e. The summed E-state index contributed by atoms with van der Waals surface area (Å²) in [4.78, 5) is 11.7. The molecule has 0 aromatic heterocycles. The summed E-state index contributed by atoms with van der Waals surface area (Å²) in [5.41, 5.74) is 0.0353. The fraction of sp³-hybridized carbons (Fsp3) is 0.462. The van der Waals surface area contributed by atoms with Crippen LogP contribution in [-0.4, -0.2) is 12.1 Å². The summed E-state index contributed by atoms with van der Waals surface area (Å²) in [6.07, 6.45) is 5.17. The van der Waals surface area contributed by atoms with Crippen molar-refractivity contribution >= 4 is 5.97 Å². The molecule has 0 heterocycles. The van der Waals surface area contributed by atoms with Crippen molar-refractivity contribution < 1.29 is 13.9 Å². The van der Waals surface area contributed by atoms with Crippen LogP contribution in [0.1, 0.15) is 42.5 Å². The molecule has 2 rings (SSSR count). The van der Waals surface area contributed by atoms with Crippen LogP contribution in [0, 0.1) is 5.82 Å². The van der Waals surface area contributed by atoms with Crippen molar-refractivity contribution in [1.82, 2.24) is 0 Å². The molecule has 86 valence electrons. The Bertz CT molecular complexity index is 370. The Labute approximate surface area is 94.4 Å². The van der Waals surface area contributed by atoms with Gasteiger partial charge in [-0.1, -0.05) is 18.6 Å². The minimum atomic E-state index is -0.537. The average molecular weight is 222 g/mol. The molecule has 16 heavy (non-hydrogen) atoms. The monoisotopic (exact) mass is 222 g/mol. The van der Waals surface area contributed by atoms with Crippen molar-refractivity contribution in [3.8, 4) is 0 Å². The molecule has 0 amide bonds. The molecule has 1 aliphatic rings. The van der Waals surface area contributed by atoms with Gasteiger partial charge in [-0.25, -0.2) is 9.18 Å². The van der Waals surface area contributed by atoms with Crippen LogP contribution >= 0.6 is 0 Å². The fourth-order valence-electron chi connectivity index (χ4n) is 2.02. The topological polar surface area (TPSA) is 26.3 Å². The van der Waals surface area contributed by atoms with Crippen LogP contribution in [0.15, 0.2) is 24.3 Å². The molecule has 1 aliphatic carbocycles. The highest BCUT2D eigenvalue weighted by atomic mass is 19.1. The molecule has 0 aliphatic heterocycles. The Morgan fingerprint density at radius 1 is 1.19 bits per heavy atom. The van der Waals surface area contributed by atoms with E-state index >= 15 is 0 Å². The first-order valence-corrected chi connectivity index (χ1v) is 5.73. The van der Waals surface area contributed by atoms with Crippen LogP contribution < -0.4 is 0 Å². The zero-order chi connectivity index (χ0) is 11.4. The molecule has 0 saturated heterocycles. The Kier molecular flexibility index (Phi) is 3.54. The summed E-state index contributed by atoms with van der Waals surface area (Å²) in [5, 5.41) is 0. The Morgan fingerprint density at radius 3 is 2.56 bits per heavy atom. The van der Waals surface area contributed by atoms with Gasteiger partial charge in [0, 0.05) is 0 Å². The number of esters is 1. The predicted octanol–water partition coefficient (Wildman–Crippen LogP) is 3.32. The number of carbonyl (C=O) groups is 1. The number of rotatable bonds is 2. The van der Waals surface area contributed by atoms with Crippen LogP contribution in [0.3, 0.4) is 0 Å². The molecule has 1 aromatic rings. The summed E-state index contributed by atoms with van der Waals surface area (Å²) in [6.45, 7) is 0. The van der Waals surface area contributed by atoms with Crippen molar-refractivity contribution in [2.45, 2.75) is 38.2 Å². The van der Waals surface area contributed by atoms with Gasteiger partial charge < -0.3 is 4.74 Å². The largest absolute Gasteiger partial charge is 0.459 e. The lowest BCUT2D eigenvalue weighted by Crippen LogP contribution is -2.21. The zero-order valence-corrected chi connectivity index (χ0v) is 9.12. The first kappa shape index (κ1) is 11.1. The summed E-state index contributed by atoms with van der Waals surface area (Å²) < 4.78 is 18.6. The van der Waals surface area contributed by atoms with Gasteiger partial charge in [-0.15, -0.1) is 0 Å². The van der Waals surface area contributed by atoms with Gasteiger partial charge in [0.05, 0.1) is 5.56 Å². The lowest BCUT2D eigenvalue weighted by Gasteiger charge is -2.21. The molecule has 0 unspecified atom stereocenters. The molecule has 0 spiro atoms. The van der Waals surface area contributed by atoms with E-state index in [1.54, 1.807) is 12.1 Å². The van der Waals surface area contributed by atoms with Gasteiger partial charge in [-0.2, -0.15) is 0 Å². The van der Waals surface area contributed by atoms with Gasteiger partial charge in [0.2, 0.25) is 0 Å². The molecule has 0 N–H and O–H groups in total. The highest BCUT2D eigenvalue weighted by molar-refractivity contribution is 5.89. The zero-order valence-electron chi connectivity index (χ0n) is 9.12. The van der Waals surface area contributed by atoms with Crippen LogP contribution in [0.4, 0.5) is 4.39 Å². The molecule has 1 fully saturated rings. The van der Waals surface area contributed by atoms with E-state index in [2.05, 4.69) is 0 Å². The molecule has 2 nitrogen and oxygen atoms in total. The molecule has 1 aromatic carbocycles. The highest BCUT2D eigenvalue weighted by Gasteiger charge is 2.20. The third-order valence-electron chi connectivity index (χ3n) is 2.92. The Hall–Kier alpha value is -1.38. The smallest absolute Gasteiger partial charge is 0.341 e. The number of benzene rings is 1. The van der Waals surface area contributed by atoms with E-state index in [0.717, 1.165) is 25.7 Å². The molecule has 0 radical (unpaired) electrons. The van der Waals surface area contributed by atoms with E-state index in [-0.39, 0.29) is 11.7 Å². The van der Waals surface area contributed by atoms with Gasteiger partial charge in [0.1, 0.15) is 11.9 Å². The highest BCUT2D eigenvalue weighted by Crippen LogP contribution is 2.21. The van der Waals surface area contributed by atoms with Crippen molar-refractivity contribution in [2.75, 3.05) is 0 Å². The lowest BCUT2D eigenvalue weighted by atomic mass is 9.98. The van der Waals surface area contributed by atoms with Crippen LogP contribution in [0.5, 0.6) is 0 Å². The predicted molar refractivity (Wildman–Crippen MR) is 58.7 cm³/mol. The Morgan fingerprint density at radius 2 is 1.88 bits per heavy atom. The lowest BCUT2D eigenvalue weighted by molar-refractivity contribution is 0.0206. The number of hydrogen-bond donors (Lipinski definition) is 0. The molecule has 0 bridgehead atoms. The van der Waals surface area contributed by atoms with E-state index in [1.807, 2.05) is 0 Å². The van der Waals surface area contributed by atoms with Gasteiger partial charge in [-0.3, -0.25) is 0 Å². The van der Waals surface area contributed by atoms with Crippen molar-refractivity contribution in [2.24, 2.45) is 0 Å². The van der Waals surface area contributed by atoms with Crippen molar-refractivity contribution in [3.63, 3.8) is 0 Å². The van der Waals surface area contributed by atoms with Crippen LogP contribution in [-0.2, 0) is 4.74 Å². The van der Waals surface area contributed by atoms with Crippen molar-refractivity contribution in [1.29, 1.82) is 0 Å². The molecular weight excluding hydrogens is 207 g/mol. The normalized spacial score (nSPS) is 17.1. The van der Waals surface area contributed by atoms with Gasteiger partial charge in [0.25, 0.3) is 0 Å². The summed E-state index contributed by atoms with van der Waals surface area (Å²) in [5.74, 6) is -1.05. The first-order valence-electron chi connectivity index (χ1n) is 5.73. The number of hydrogen-bond acceptors (Lipinski definition) is 2. The minimum absolute atomic E-state index is 0.0270. The standard InChI is InChI=1S/C13H15FO2/c14-12-9-5-4-8-11(12)13(15)16-10-6-2-1-3-7-10/h4-5,8-10H,1-3,6-7H2. The average Bonchev–Trinajstić information content (AvgIpc) is 2.31. The van der Waals surface area contributed by atoms with Crippen LogP contribution in [0.2, 0.25) is 0 Å². The van der Waals surface area contributed by atoms with E-state index in [9.17, 15) is 9.18 Å². The number of ether oxygens (including phenoxy) is 1. The third-order valence-corrected chi connectivity index (χ3v) is 2.92.